The summed E-state index contributed by atoms with van der Waals surface area (Å²) < 4.78 is 5.13. The van der Waals surface area contributed by atoms with Crippen molar-refractivity contribution in [3.8, 4) is 0 Å². The fourth-order valence-corrected chi connectivity index (χ4v) is 1.92. The number of benzene rings is 1. The van der Waals surface area contributed by atoms with Gasteiger partial charge in [0.2, 0.25) is 5.89 Å². The summed E-state index contributed by atoms with van der Waals surface area (Å²) >= 11 is 0. The minimum Gasteiger partial charge on any atom is -0.396 e. The first-order chi connectivity index (χ1) is 9.33. The van der Waals surface area contributed by atoms with Gasteiger partial charge in [0.05, 0.1) is 6.54 Å². The molecular formula is C14H19N3O2. The Balaban J connectivity index is 1.97. The third kappa shape index (κ3) is 3.87. The molecule has 0 amide bonds. The smallest absolute Gasteiger partial charge is 0.240 e. The Labute approximate surface area is 112 Å². The van der Waals surface area contributed by atoms with Crippen LogP contribution in [-0.4, -0.2) is 21.9 Å². The third-order valence-corrected chi connectivity index (χ3v) is 2.95. The number of aryl methyl sites for hydroxylation is 1. The van der Waals surface area contributed by atoms with Crippen LogP contribution in [0, 0.1) is 0 Å². The molecule has 0 saturated carbocycles. The van der Waals surface area contributed by atoms with Crippen LogP contribution in [0.5, 0.6) is 0 Å². The highest BCUT2D eigenvalue weighted by atomic mass is 16.5. The Morgan fingerprint density at radius 1 is 1.32 bits per heavy atom. The molecule has 0 aliphatic rings. The third-order valence-electron chi connectivity index (χ3n) is 2.95. The fraction of sp³-hybridized carbons (Fsp3) is 0.429. The minimum absolute atomic E-state index is 0.0863. The van der Waals surface area contributed by atoms with Gasteiger partial charge in [-0.1, -0.05) is 42.4 Å². The molecule has 1 heterocycles. The van der Waals surface area contributed by atoms with Crippen LogP contribution in [0.3, 0.4) is 0 Å². The van der Waals surface area contributed by atoms with Gasteiger partial charge in [-0.05, 0) is 12.0 Å². The monoisotopic (exact) mass is 261 g/mol. The Hall–Kier alpha value is -1.72. The van der Waals surface area contributed by atoms with E-state index < -0.39 is 0 Å². The van der Waals surface area contributed by atoms with Gasteiger partial charge in [0.1, 0.15) is 0 Å². The first kappa shape index (κ1) is 13.7. The molecule has 2 N–H and O–H groups in total. The average Bonchev–Trinajstić information content (AvgIpc) is 2.92. The summed E-state index contributed by atoms with van der Waals surface area (Å²) in [5, 5.41) is 16.3. The number of hydrogen-bond donors (Lipinski definition) is 2. The second-order valence-corrected chi connectivity index (χ2v) is 4.31. The number of aromatic nitrogens is 2. The predicted molar refractivity (Wildman–Crippen MR) is 71.4 cm³/mol. The Bertz CT molecular complexity index is 484. The van der Waals surface area contributed by atoms with E-state index in [0.29, 0.717) is 18.9 Å². The van der Waals surface area contributed by atoms with Crippen molar-refractivity contribution in [1.82, 2.24) is 15.5 Å². The van der Waals surface area contributed by atoms with Crippen molar-refractivity contribution in [3.63, 3.8) is 0 Å². The summed E-state index contributed by atoms with van der Waals surface area (Å²) in [5.41, 5.74) is 1.15. The standard InChI is InChI=1S/C14H19N3O2/c1-2-13-16-14(19-17-13)10-15-12(8-9-18)11-6-4-3-5-7-11/h3-7,12,15,18H,2,8-10H2,1H3. The van der Waals surface area contributed by atoms with E-state index in [-0.39, 0.29) is 12.6 Å². The minimum atomic E-state index is 0.0863. The maximum Gasteiger partial charge on any atom is 0.240 e. The van der Waals surface area contributed by atoms with Gasteiger partial charge < -0.3 is 14.9 Å². The van der Waals surface area contributed by atoms with Crippen LogP contribution in [0.1, 0.15) is 36.7 Å². The number of hydrogen-bond acceptors (Lipinski definition) is 5. The molecule has 5 nitrogen and oxygen atoms in total. The summed E-state index contributed by atoms with van der Waals surface area (Å²) in [6.45, 7) is 2.63. The van der Waals surface area contributed by atoms with Gasteiger partial charge in [-0.15, -0.1) is 0 Å². The number of aliphatic hydroxyl groups excluding tert-OH is 1. The lowest BCUT2D eigenvalue weighted by Gasteiger charge is -2.16. The summed E-state index contributed by atoms with van der Waals surface area (Å²) in [6.07, 6.45) is 1.42. The maximum absolute atomic E-state index is 9.15. The van der Waals surface area contributed by atoms with Gasteiger partial charge in [-0.25, -0.2) is 0 Å². The molecule has 1 aromatic heterocycles. The van der Waals surface area contributed by atoms with E-state index in [1.807, 2.05) is 37.3 Å². The van der Waals surface area contributed by atoms with E-state index >= 15 is 0 Å². The van der Waals surface area contributed by atoms with Crippen LogP contribution in [0.15, 0.2) is 34.9 Å². The van der Waals surface area contributed by atoms with Crippen molar-refractivity contribution in [2.24, 2.45) is 0 Å². The summed E-state index contributed by atoms with van der Waals surface area (Å²) in [7, 11) is 0. The lowest BCUT2D eigenvalue weighted by Crippen LogP contribution is -2.22. The Kier molecular flexibility index (Phi) is 5.06. The zero-order chi connectivity index (χ0) is 13.5. The lowest BCUT2D eigenvalue weighted by atomic mass is 10.0. The molecule has 102 valence electrons. The number of aliphatic hydroxyl groups is 1. The van der Waals surface area contributed by atoms with Crippen molar-refractivity contribution in [2.45, 2.75) is 32.4 Å². The molecule has 1 atom stereocenters. The molecule has 1 aromatic carbocycles. The molecule has 1 unspecified atom stereocenters. The highest BCUT2D eigenvalue weighted by Crippen LogP contribution is 2.16. The van der Waals surface area contributed by atoms with Crippen molar-refractivity contribution in [2.75, 3.05) is 6.61 Å². The second-order valence-electron chi connectivity index (χ2n) is 4.31. The molecule has 0 aliphatic carbocycles. The van der Waals surface area contributed by atoms with E-state index in [1.165, 1.54) is 0 Å². The molecule has 0 radical (unpaired) electrons. The van der Waals surface area contributed by atoms with Gasteiger partial charge in [0.15, 0.2) is 5.82 Å². The molecule has 19 heavy (non-hydrogen) atoms. The van der Waals surface area contributed by atoms with Crippen LogP contribution < -0.4 is 5.32 Å². The number of nitrogens with zero attached hydrogens (tertiary/aromatic N) is 2. The van der Waals surface area contributed by atoms with Gasteiger partial charge >= 0.3 is 0 Å². The Morgan fingerprint density at radius 3 is 2.74 bits per heavy atom. The first-order valence-corrected chi connectivity index (χ1v) is 6.54. The van der Waals surface area contributed by atoms with Crippen LogP contribution >= 0.6 is 0 Å². The van der Waals surface area contributed by atoms with Gasteiger partial charge in [0, 0.05) is 19.1 Å². The van der Waals surface area contributed by atoms with Crippen molar-refractivity contribution in [1.29, 1.82) is 0 Å². The number of nitrogens with one attached hydrogen (secondary N) is 1. The average molecular weight is 261 g/mol. The summed E-state index contributed by atoms with van der Waals surface area (Å²) in [6, 6.07) is 10.1. The topological polar surface area (TPSA) is 71.2 Å². The van der Waals surface area contributed by atoms with E-state index in [9.17, 15) is 0 Å². The van der Waals surface area contributed by atoms with Crippen LogP contribution in [0.2, 0.25) is 0 Å². The molecule has 0 spiro atoms. The number of rotatable bonds is 7. The van der Waals surface area contributed by atoms with Gasteiger partial charge in [-0.3, -0.25) is 0 Å². The molecule has 2 aromatic rings. The second kappa shape index (κ2) is 7.01. The Morgan fingerprint density at radius 2 is 2.11 bits per heavy atom. The van der Waals surface area contributed by atoms with Crippen LogP contribution in [0.4, 0.5) is 0 Å². The van der Waals surface area contributed by atoms with Crippen LogP contribution in [-0.2, 0) is 13.0 Å². The van der Waals surface area contributed by atoms with E-state index in [2.05, 4.69) is 15.5 Å². The van der Waals surface area contributed by atoms with Crippen molar-refractivity contribution in [3.05, 3.63) is 47.6 Å². The van der Waals surface area contributed by atoms with Gasteiger partial charge in [0.25, 0.3) is 0 Å². The molecule has 0 bridgehead atoms. The van der Waals surface area contributed by atoms with Crippen LogP contribution in [0.25, 0.3) is 0 Å². The molecule has 0 saturated heterocycles. The summed E-state index contributed by atoms with van der Waals surface area (Å²) in [5.74, 6) is 1.30. The zero-order valence-corrected chi connectivity index (χ0v) is 11.0. The van der Waals surface area contributed by atoms with E-state index in [0.717, 1.165) is 17.8 Å². The highest BCUT2D eigenvalue weighted by molar-refractivity contribution is 5.18. The largest absolute Gasteiger partial charge is 0.396 e. The lowest BCUT2D eigenvalue weighted by molar-refractivity contribution is 0.261. The molecule has 0 fully saturated rings. The molecule has 0 aliphatic heterocycles. The van der Waals surface area contributed by atoms with Crippen molar-refractivity contribution < 1.29 is 9.63 Å². The fourth-order valence-electron chi connectivity index (χ4n) is 1.92. The summed E-state index contributed by atoms with van der Waals surface area (Å²) in [4.78, 5) is 4.25. The highest BCUT2D eigenvalue weighted by Gasteiger charge is 2.12. The SMILES string of the molecule is CCc1noc(CNC(CCO)c2ccccc2)n1. The first-order valence-electron chi connectivity index (χ1n) is 6.54. The van der Waals surface area contributed by atoms with E-state index in [4.69, 9.17) is 9.63 Å². The van der Waals surface area contributed by atoms with Crippen molar-refractivity contribution >= 4 is 0 Å². The predicted octanol–water partition coefficient (Wildman–Crippen LogP) is 1.85. The molecule has 5 heteroatoms. The van der Waals surface area contributed by atoms with E-state index in [1.54, 1.807) is 0 Å². The molecule has 2 rings (SSSR count). The van der Waals surface area contributed by atoms with Gasteiger partial charge in [-0.2, -0.15) is 4.98 Å². The maximum atomic E-state index is 9.15. The molecular weight excluding hydrogens is 242 g/mol. The normalized spacial score (nSPS) is 12.5. The zero-order valence-electron chi connectivity index (χ0n) is 11.0. The quantitative estimate of drug-likeness (QED) is 0.796.